The number of carbonyl (C=O) groups is 2. The quantitative estimate of drug-likeness (QED) is 0.785. The highest BCUT2D eigenvalue weighted by Crippen LogP contribution is 2.16. The summed E-state index contributed by atoms with van der Waals surface area (Å²) in [5, 5.41) is 12.2. The van der Waals surface area contributed by atoms with Crippen LogP contribution in [0.3, 0.4) is 0 Å². The lowest BCUT2D eigenvalue weighted by Gasteiger charge is -2.14. The number of aromatic nitrogens is 2. The van der Waals surface area contributed by atoms with Crippen molar-refractivity contribution in [2.75, 3.05) is 0 Å². The molecule has 21 heavy (non-hydrogen) atoms. The molecule has 0 aliphatic heterocycles. The monoisotopic (exact) mass is 307 g/mol. The topological polar surface area (TPSA) is 95.1 Å². The van der Waals surface area contributed by atoms with Gasteiger partial charge in [-0.1, -0.05) is 11.6 Å². The molecule has 7 heteroatoms. The van der Waals surface area contributed by atoms with Gasteiger partial charge in [-0.3, -0.25) is 4.79 Å². The Kier molecular flexibility index (Phi) is 4.59. The van der Waals surface area contributed by atoms with Crippen LogP contribution in [0.4, 0.5) is 0 Å². The number of aromatic amines is 1. The van der Waals surface area contributed by atoms with E-state index < -0.39 is 17.9 Å². The molecule has 0 aliphatic carbocycles. The van der Waals surface area contributed by atoms with Gasteiger partial charge in [-0.25, -0.2) is 9.78 Å². The lowest BCUT2D eigenvalue weighted by Crippen LogP contribution is -2.42. The molecule has 6 nitrogen and oxygen atoms in total. The minimum absolute atomic E-state index is 0.133. The van der Waals surface area contributed by atoms with Gasteiger partial charge in [-0.05, 0) is 30.7 Å². The van der Waals surface area contributed by atoms with E-state index in [1.165, 1.54) is 12.5 Å². The van der Waals surface area contributed by atoms with Crippen LogP contribution in [0.2, 0.25) is 5.02 Å². The zero-order chi connectivity index (χ0) is 15.4. The number of carboxylic acid groups (broad SMARTS) is 1. The Hall–Kier alpha value is -2.34. The van der Waals surface area contributed by atoms with E-state index in [-0.39, 0.29) is 6.42 Å². The Morgan fingerprint density at radius 2 is 2.24 bits per heavy atom. The molecule has 0 spiro atoms. The van der Waals surface area contributed by atoms with Crippen LogP contribution in [-0.2, 0) is 11.2 Å². The van der Waals surface area contributed by atoms with Crippen LogP contribution in [-0.4, -0.2) is 33.0 Å². The molecule has 0 aliphatic rings. The van der Waals surface area contributed by atoms with Crippen LogP contribution in [0.15, 0.2) is 30.7 Å². The molecule has 1 heterocycles. The van der Waals surface area contributed by atoms with Gasteiger partial charge in [-0.2, -0.15) is 0 Å². The van der Waals surface area contributed by atoms with E-state index in [1.54, 1.807) is 25.1 Å². The summed E-state index contributed by atoms with van der Waals surface area (Å²) < 4.78 is 0. The summed E-state index contributed by atoms with van der Waals surface area (Å²) in [6.45, 7) is 1.78. The van der Waals surface area contributed by atoms with Crippen molar-refractivity contribution in [3.8, 4) is 0 Å². The Bertz CT molecular complexity index is 655. The fraction of sp³-hybridized carbons (Fsp3) is 0.214. The molecule has 1 aromatic heterocycles. The molecule has 0 saturated carbocycles. The number of benzene rings is 1. The maximum absolute atomic E-state index is 12.1. The zero-order valence-electron chi connectivity index (χ0n) is 11.3. The van der Waals surface area contributed by atoms with Gasteiger partial charge < -0.3 is 15.4 Å². The number of rotatable bonds is 5. The van der Waals surface area contributed by atoms with E-state index in [2.05, 4.69) is 15.3 Å². The highest BCUT2D eigenvalue weighted by Gasteiger charge is 2.21. The lowest BCUT2D eigenvalue weighted by atomic mass is 10.1. The molecule has 0 radical (unpaired) electrons. The van der Waals surface area contributed by atoms with Crippen molar-refractivity contribution in [2.45, 2.75) is 19.4 Å². The van der Waals surface area contributed by atoms with Gasteiger partial charge in [0.1, 0.15) is 6.04 Å². The Morgan fingerprint density at radius 3 is 2.81 bits per heavy atom. The number of nitrogens with one attached hydrogen (secondary N) is 2. The van der Waals surface area contributed by atoms with Crippen molar-refractivity contribution in [3.63, 3.8) is 0 Å². The summed E-state index contributed by atoms with van der Waals surface area (Å²) >= 11 is 5.90. The maximum Gasteiger partial charge on any atom is 0.326 e. The van der Waals surface area contributed by atoms with Crippen LogP contribution < -0.4 is 5.32 Å². The highest BCUT2D eigenvalue weighted by molar-refractivity contribution is 6.31. The third-order valence-corrected chi connectivity index (χ3v) is 3.43. The third-order valence-electron chi connectivity index (χ3n) is 3.00. The predicted molar refractivity (Wildman–Crippen MR) is 77.4 cm³/mol. The number of aliphatic carboxylic acids is 1. The molecular weight excluding hydrogens is 294 g/mol. The summed E-state index contributed by atoms with van der Waals surface area (Å²) in [6.07, 6.45) is 3.11. The second-order valence-corrected chi connectivity index (χ2v) is 5.02. The average molecular weight is 308 g/mol. The summed E-state index contributed by atoms with van der Waals surface area (Å²) in [7, 11) is 0. The van der Waals surface area contributed by atoms with Crippen LogP contribution in [0, 0.1) is 6.92 Å². The van der Waals surface area contributed by atoms with E-state index in [0.29, 0.717) is 16.3 Å². The van der Waals surface area contributed by atoms with Crippen LogP contribution in [0.1, 0.15) is 21.6 Å². The zero-order valence-corrected chi connectivity index (χ0v) is 12.0. The first kappa shape index (κ1) is 15.1. The normalized spacial score (nSPS) is 11.9. The fourth-order valence-electron chi connectivity index (χ4n) is 1.84. The second kappa shape index (κ2) is 6.41. The number of aryl methyl sites for hydroxylation is 1. The molecular formula is C14H14ClN3O3. The number of nitrogens with zero attached hydrogens (tertiary/aromatic N) is 1. The Labute approximate surface area is 126 Å². The number of amides is 1. The highest BCUT2D eigenvalue weighted by atomic mass is 35.5. The first-order valence-corrected chi connectivity index (χ1v) is 6.62. The van der Waals surface area contributed by atoms with Crippen molar-refractivity contribution < 1.29 is 14.7 Å². The molecule has 2 aromatic rings. The average Bonchev–Trinajstić information content (AvgIpc) is 2.93. The second-order valence-electron chi connectivity index (χ2n) is 4.61. The van der Waals surface area contributed by atoms with E-state index >= 15 is 0 Å². The van der Waals surface area contributed by atoms with Gasteiger partial charge >= 0.3 is 5.97 Å². The van der Waals surface area contributed by atoms with Gasteiger partial charge in [0.25, 0.3) is 5.91 Å². The molecule has 110 valence electrons. The fourth-order valence-corrected chi connectivity index (χ4v) is 1.96. The van der Waals surface area contributed by atoms with Gasteiger partial charge in [0, 0.05) is 28.9 Å². The van der Waals surface area contributed by atoms with Crippen molar-refractivity contribution in [3.05, 3.63) is 52.6 Å². The number of carbonyl (C=O) groups excluding carboxylic acids is 1. The summed E-state index contributed by atoms with van der Waals surface area (Å²) in [4.78, 5) is 30.0. The van der Waals surface area contributed by atoms with E-state index in [1.807, 2.05) is 0 Å². The minimum atomic E-state index is -1.11. The SMILES string of the molecule is Cc1cc(C(=O)N[C@H](Cc2cnc[nH]2)C(=O)O)ccc1Cl. The first-order chi connectivity index (χ1) is 9.97. The summed E-state index contributed by atoms with van der Waals surface area (Å²) in [5.41, 5.74) is 1.76. The first-order valence-electron chi connectivity index (χ1n) is 6.24. The third kappa shape index (κ3) is 3.82. The largest absolute Gasteiger partial charge is 0.480 e. The Morgan fingerprint density at radius 1 is 1.48 bits per heavy atom. The van der Waals surface area contributed by atoms with E-state index in [0.717, 1.165) is 5.56 Å². The van der Waals surface area contributed by atoms with Crippen molar-refractivity contribution in [1.82, 2.24) is 15.3 Å². The molecule has 1 atom stereocenters. The molecule has 1 amide bonds. The van der Waals surface area contributed by atoms with Gasteiger partial charge in [0.2, 0.25) is 0 Å². The standard InChI is InChI=1S/C14H14ClN3O3/c1-8-4-9(2-3-11(8)15)13(19)18-12(14(20)21)5-10-6-16-7-17-10/h2-4,6-7,12H,5H2,1H3,(H,16,17)(H,18,19)(H,20,21)/t12-/m1/s1. The van der Waals surface area contributed by atoms with E-state index in [9.17, 15) is 14.7 Å². The smallest absolute Gasteiger partial charge is 0.326 e. The molecule has 0 unspecified atom stereocenters. The molecule has 0 saturated heterocycles. The summed E-state index contributed by atoms with van der Waals surface area (Å²) in [6, 6.07) is 3.75. The van der Waals surface area contributed by atoms with Crippen molar-refractivity contribution >= 4 is 23.5 Å². The van der Waals surface area contributed by atoms with Crippen molar-refractivity contribution in [1.29, 1.82) is 0 Å². The van der Waals surface area contributed by atoms with Crippen LogP contribution >= 0.6 is 11.6 Å². The number of halogens is 1. The van der Waals surface area contributed by atoms with Gasteiger partial charge in [-0.15, -0.1) is 0 Å². The number of hydrogen-bond acceptors (Lipinski definition) is 3. The number of H-pyrrole nitrogens is 1. The predicted octanol–water partition coefficient (Wildman–Crippen LogP) is 1.80. The molecule has 0 bridgehead atoms. The van der Waals surface area contributed by atoms with Crippen LogP contribution in [0.25, 0.3) is 0 Å². The number of imidazole rings is 1. The van der Waals surface area contributed by atoms with Crippen molar-refractivity contribution in [2.24, 2.45) is 0 Å². The van der Waals surface area contributed by atoms with Gasteiger partial charge in [0.15, 0.2) is 0 Å². The molecule has 0 fully saturated rings. The van der Waals surface area contributed by atoms with E-state index in [4.69, 9.17) is 11.6 Å². The summed E-state index contributed by atoms with van der Waals surface area (Å²) in [5.74, 6) is -1.56. The Balaban J connectivity index is 2.10. The van der Waals surface area contributed by atoms with Gasteiger partial charge in [0.05, 0.1) is 6.33 Å². The molecule has 3 N–H and O–H groups in total. The molecule has 1 aromatic carbocycles. The number of hydrogen-bond donors (Lipinski definition) is 3. The van der Waals surface area contributed by atoms with Crippen LogP contribution in [0.5, 0.6) is 0 Å². The molecule has 2 rings (SSSR count). The maximum atomic E-state index is 12.1. The number of carboxylic acids is 1. The lowest BCUT2D eigenvalue weighted by molar-refractivity contribution is -0.139. The minimum Gasteiger partial charge on any atom is -0.480 e.